The summed E-state index contributed by atoms with van der Waals surface area (Å²) in [6.45, 7) is 1.86. The van der Waals surface area contributed by atoms with E-state index in [4.69, 9.17) is 4.74 Å². The molecule has 0 spiro atoms. The largest absolute Gasteiger partial charge is 0.497 e. The van der Waals surface area contributed by atoms with Crippen molar-refractivity contribution in [1.29, 1.82) is 0 Å². The second-order valence-corrected chi connectivity index (χ2v) is 4.62. The first-order valence-corrected chi connectivity index (χ1v) is 6.28. The van der Waals surface area contributed by atoms with Crippen molar-refractivity contribution in [2.24, 2.45) is 7.05 Å². The number of anilines is 1. The maximum Gasteiger partial charge on any atom is 0.250 e. The molecular weight excluding hydrogens is 259 g/mol. The molecule has 20 heavy (non-hydrogen) atoms. The molecule has 0 bridgehead atoms. The molecule has 4 nitrogen and oxygen atoms in total. The molecule has 0 fully saturated rings. The average molecular weight is 276 g/mol. The average Bonchev–Trinajstić information content (AvgIpc) is 2.42. The number of aryl methyl sites for hydroxylation is 1. The van der Waals surface area contributed by atoms with Gasteiger partial charge in [-0.1, -0.05) is 6.07 Å². The van der Waals surface area contributed by atoms with E-state index in [2.05, 4.69) is 5.32 Å². The Morgan fingerprint density at radius 3 is 2.65 bits per heavy atom. The number of nitrogens with zero attached hydrogens (tertiary/aromatic N) is 1. The molecule has 1 N–H and O–H groups in total. The molecule has 0 aliphatic rings. The van der Waals surface area contributed by atoms with Gasteiger partial charge in [-0.3, -0.25) is 4.79 Å². The van der Waals surface area contributed by atoms with Crippen LogP contribution < -0.4 is 15.6 Å². The smallest absolute Gasteiger partial charge is 0.250 e. The summed E-state index contributed by atoms with van der Waals surface area (Å²) in [5.74, 6) is 0.162. The minimum atomic E-state index is -0.325. The van der Waals surface area contributed by atoms with Gasteiger partial charge in [0.1, 0.15) is 11.6 Å². The molecule has 0 saturated carbocycles. The summed E-state index contributed by atoms with van der Waals surface area (Å²) in [5, 5.41) is 3.16. The van der Waals surface area contributed by atoms with E-state index in [1.807, 2.05) is 6.92 Å². The van der Waals surface area contributed by atoms with Gasteiger partial charge in [-0.15, -0.1) is 0 Å². The minimum absolute atomic E-state index is 0.0844. The number of aromatic nitrogens is 1. The molecule has 106 valence electrons. The molecule has 1 aromatic heterocycles. The Hall–Kier alpha value is -2.30. The van der Waals surface area contributed by atoms with E-state index in [9.17, 15) is 9.18 Å². The van der Waals surface area contributed by atoms with Gasteiger partial charge in [0, 0.05) is 30.9 Å². The van der Waals surface area contributed by atoms with Crippen LogP contribution in [-0.2, 0) is 7.05 Å². The Bertz CT molecular complexity index is 667. The quantitative estimate of drug-likeness (QED) is 0.933. The molecule has 2 aromatic rings. The van der Waals surface area contributed by atoms with Gasteiger partial charge in [0.15, 0.2) is 0 Å². The molecule has 1 aromatic carbocycles. The topological polar surface area (TPSA) is 43.3 Å². The zero-order chi connectivity index (χ0) is 14.7. The maximum atomic E-state index is 14.0. The first-order chi connectivity index (χ1) is 9.51. The number of methoxy groups -OCH3 is 1. The number of pyridine rings is 1. The first-order valence-electron chi connectivity index (χ1n) is 6.28. The van der Waals surface area contributed by atoms with E-state index in [0.717, 1.165) is 5.69 Å². The van der Waals surface area contributed by atoms with Crippen LogP contribution in [0.3, 0.4) is 0 Å². The third kappa shape index (κ3) is 2.99. The molecular formula is C15H17FN2O2. The molecule has 0 amide bonds. The van der Waals surface area contributed by atoms with Crippen LogP contribution in [0.25, 0.3) is 0 Å². The summed E-state index contributed by atoms with van der Waals surface area (Å²) in [7, 11) is 3.17. The van der Waals surface area contributed by atoms with Gasteiger partial charge in [-0.2, -0.15) is 0 Å². The molecule has 1 unspecified atom stereocenters. The number of hydrogen-bond donors (Lipinski definition) is 1. The van der Waals surface area contributed by atoms with Crippen LogP contribution in [0.15, 0.2) is 41.3 Å². The third-order valence-corrected chi connectivity index (χ3v) is 3.14. The fourth-order valence-corrected chi connectivity index (χ4v) is 1.99. The molecule has 2 rings (SSSR count). The maximum absolute atomic E-state index is 14.0. The van der Waals surface area contributed by atoms with Crippen molar-refractivity contribution in [3.05, 3.63) is 58.3 Å². The van der Waals surface area contributed by atoms with Crippen LogP contribution in [0.5, 0.6) is 5.75 Å². The Kier molecular flexibility index (Phi) is 4.08. The van der Waals surface area contributed by atoms with Gasteiger partial charge in [0.25, 0.3) is 0 Å². The van der Waals surface area contributed by atoms with E-state index >= 15 is 0 Å². The van der Waals surface area contributed by atoms with E-state index in [1.165, 1.54) is 23.8 Å². The van der Waals surface area contributed by atoms with Crippen molar-refractivity contribution in [1.82, 2.24) is 4.57 Å². The van der Waals surface area contributed by atoms with Crippen molar-refractivity contribution in [3.63, 3.8) is 0 Å². The highest BCUT2D eigenvalue weighted by molar-refractivity contribution is 5.44. The highest BCUT2D eigenvalue weighted by Gasteiger charge is 2.12. The van der Waals surface area contributed by atoms with Crippen LogP contribution in [0.4, 0.5) is 10.1 Å². The number of nitrogens with one attached hydrogen (secondary N) is 1. The fourth-order valence-electron chi connectivity index (χ4n) is 1.99. The van der Waals surface area contributed by atoms with Gasteiger partial charge >= 0.3 is 0 Å². The summed E-state index contributed by atoms with van der Waals surface area (Å²) in [6.07, 6.45) is 1.68. The molecule has 0 aliphatic carbocycles. The van der Waals surface area contributed by atoms with E-state index in [-0.39, 0.29) is 17.4 Å². The number of hydrogen-bond acceptors (Lipinski definition) is 3. The Balaban J connectivity index is 2.21. The van der Waals surface area contributed by atoms with Gasteiger partial charge in [0.2, 0.25) is 5.56 Å². The van der Waals surface area contributed by atoms with Crippen LogP contribution in [0.1, 0.15) is 18.5 Å². The number of rotatable bonds is 4. The van der Waals surface area contributed by atoms with Crippen molar-refractivity contribution in [3.8, 4) is 5.75 Å². The second kappa shape index (κ2) is 5.77. The first kappa shape index (κ1) is 14.1. The fraction of sp³-hybridized carbons (Fsp3) is 0.267. The standard InChI is InChI=1S/C15H17FN2O2/c1-10(13-6-5-12(20-3)8-14(13)16)17-11-4-7-15(19)18(2)9-11/h4-10,17H,1-3H3. The third-order valence-electron chi connectivity index (χ3n) is 3.14. The lowest BCUT2D eigenvalue weighted by Crippen LogP contribution is -2.16. The van der Waals surface area contributed by atoms with E-state index in [0.29, 0.717) is 11.3 Å². The second-order valence-electron chi connectivity index (χ2n) is 4.62. The van der Waals surface area contributed by atoms with Crippen LogP contribution in [0.2, 0.25) is 0 Å². The summed E-state index contributed by atoms with van der Waals surface area (Å²) < 4.78 is 20.4. The highest BCUT2D eigenvalue weighted by atomic mass is 19.1. The van der Waals surface area contributed by atoms with E-state index < -0.39 is 0 Å². The number of halogens is 1. The lowest BCUT2D eigenvalue weighted by Gasteiger charge is -2.17. The van der Waals surface area contributed by atoms with Crippen molar-refractivity contribution < 1.29 is 9.13 Å². The lowest BCUT2D eigenvalue weighted by molar-refractivity contribution is 0.410. The van der Waals surface area contributed by atoms with Crippen LogP contribution in [0, 0.1) is 5.82 Å². The summed E-state index contributed by atoms with van der Waals surface area (Å²) in [4.78, 5) is 11.3. The Morgan fingerprint density at radius 1 is 1.30 bits per heavy atom. The zero-order valence-electron chi connectivity index (χ0n) is 11.7. The minimum Gasteiger partial charge on any atom is -0.497 e. The summed E-state index contributed by atoms with van der Waals surface area (Å²) in [6, 6.07) is 7.69. The van der Waals surface area contributed by atoms with Crippen LogP contribution in [-0.4, -0.2) is 11.7 Å². The van der Waals surface area contributed by atoms with Crippen molar-refractivity contribution in [2.75, 3.05) is 12.4 Å². The Labute approximate surface area is 116 Å². The Morgan fingerprint density at radius 2 is 2.05 bits per heavy atom. The lowest BCUT2D eigenvalue weighted by atomic mass is 10.1. The molecule has 5 heteroatoms. The SMILES string of the molecule is COc1ccc(C(C)Nc2ccc(=O)n(C)c2)c(F)c1. The highest BCUT2D eigenvalue weighted by Crippen LogP contribution is 2.24. The van der Waals surface area contributed by atoms with Gasteiger partial charge in [-0.25, -0.2) is 4.39 Å². The molecule has 0 saturated heterocycles. The van der Waals surface area contributed by atoms with Gasteiger partial charge in [-0.05, 0) is 19.1 Å². The van der Waals surface area contributed by atoms with E-state index in [1.54, 1.807) is 31.4 Å². The van der Waals surface area contributed by atoms with Crippen molar-refractivity contribution in [2.45, 2.75) is 13.0 Å². The number of ether oxygens (including phenoxy) is 1. The normalized spacial score (nSPS) is 12.0. The summed E-state index contributed by atoms with van der Waals surface area (Å²) in [5.41, 5.74) is 1.22. The van der Waals surface area contributed by atoms with Crippen molar-refractivity contribution >= 4 is 5.69 Å². The molecule has 0 aliphatic heterocycles. The molecule has 1 atom stereocenters. The molecule has 0 radical (unpaired) electrons. The van der Waals surface area contributed by atoms with Crippen LogP contribution >= 0.6 is 0 Å². The predicted octanol–water partition coefficient (Wildman–Crippen LogP) is 2.71. The zero-order valence-corrected chi connectivity index (χ0v) is 11.7. The summed E-state index contributed by atoms with van der Waals surface area (Å²) >= 11 is 0. The predicted molar refractivity (Wildman–Crippen MR) is 76.7 cm³/mol. The number of benzene rings is 1. The van der Waals surface area contributed by atoms with Gasteiger partial charge < -0.3 is 14.6 Å². The molecule has 1 heterocycles. The van der Waals surface area contributed by atoms with Gasteiger partial charge in [0.05, 0.1) is 18.8 Å². The monoisotopic (exact) mass is 276 g/mol.